The lowest BCUT2D eigenvalue weighted by atomic mass is 10.2. The fourth-order valence-electron chi connectivity index (χ4n) is 3.54. The smallest absolute Gasteiger partial charge is 0.282 e. The van der Waals surface area contributed by atoms with Gasteiger partial charge in [0.15, 0.2) is 0 Å². The third-order valence-electron chi connectivity index (χ3n) is 5.25. The highest BCUT2D eigenvalue weighted by atomic mass is 79.9. The summed E-state index contributed by atoms with van der Waals surface area (Å²) in [5, 5.41) is 5.44. The second-order valence-electron chi connectivity index (χ2n) is 7.88. The predicted molar refractivity (Wildman–Crippen MR) is 145 cm³/mol. The number of benzene rings is 3. The first-order valence-electron chi connectivity index (χ1n) is 11.0. The molecule has 0 bridgehead atoms. The van der Waals surface area contributed by atoms with E-state index in [4.69, 9.17) is 21.3 Å². The maximum Gasteiger partial charge on any atom is 0.282 e. The summed E-state index contributed by atoms with van der Waals surface area (Å²) in [7, 11) is 0. The van der Waals surface area contributed by atoms with E-state index < -0.39 is 0 Å². The molecule has 4 aromatic rings. The number of hydrogen-bond acceptors (Lipinski definition) is 4. The molecule has 1 aromatic heterocycles. The standard InChI is InChI=1S/C26H21Br2ClFN3O2/c1-2-3-7-24-32-23-9-8-18(27)12-21(23)26(34)33(24)31-14-17-11-19(29)13-22(28)25(17)35-15-16-5-4-6-20(30)10-16/h4-6,8-14H,2-3,7,15H2,1H3. The number of ether oxygens (including phenoxy) is 1. The molecule has 180 valence electrons. The molecular weight excluding hydrogens is 601 g/mol. The molecule has 0 N–H and O–H groups in total. The average molecular weight is 622 g/mol. The van der Waals surface area contributed by atoms with Crippen molar-refractivity contribution < 1.29 is 9.13 Å². The molecule has 0 radical (unpaired) electrons. The minimum absolute atomic E-state index is 0.145. The van der Waals surface area contributed by atoms with Crippen LogP contribution in [0.15, 0.2) is 73.4 Å². The Hall–Kier alpha value is -2.55. The van der Waals surface area contributed by atoms with E-state index in [0.717, 1.165) is 17.3 Å². The molecule has 0 saturated carbocycles. The summed E-state index contributed by atoms with van der Waals surface area (Å²) >= 11 is 13.2. The Kier molecular flexibility index (Phi) is 8.36. The molecule has 0 fully saturated rings. The maximum atomic E-state index is 13.6. The van der Waals surface area contributed by atoms with Crippen molar-refractivity contribution in [1.82, 2.24) is 9.66 Å². The molecular formula is C26H21Br2ClFN3O2. The van der Waals surface area contributed by atoms with Gasteiger partial charge in [0.05, 0.1) is 21.6 Å². The fourth-order valence-corrected chi connectivity index (χ4v) is 4.85. The lowest BCUT2D eigenvalue weighted by molar-refractivity contribution is 0.303. The summed E-state index contributed by atoms with van der Waals surface area (Å²) < 4.78 is 22.3. The number of rotatable bonds is 8. The number of hydrogen-bond donors (Lipinski definition) is 0. The first-order chi connectivity index (χ1) is 16.9. The molecule has 5 nitrogen and oxygen atoms in total. The van der Waals surface area contributed by atoms with E-state index in [-0.39, 0.29) is 18.0 Å². The molecule has 0 amide bonds. The van der Waals surface area contributed by atoms with E-state index in [1.807, 2.05) is 12.1 Å². The SMILES string of the molecule is CCCCc1nc2ccc(Br)cc2c(=O)n1N=Cc1cc(Cl)cc(Br)c1OCc1cccc(F)c1. The second-order valence-corrected chi connectivity index (χ2v) is 10.1. The van der Waals surface area contributed by atoms with E-state index in [1.54, 1.807) is 30.3 Å². The predicted octanol–water partition coefficient (Wildman–Crippen LogP) is 7.52. The number of aromatic nitrogens is 2. The highest BCUT2D eigenvalue weighted by Gasteiger charge is 2.13. The number of aryl methyl sites for hydroxylation is 1. The van der Waals surface area contributed by atoms with Crippen molar-refractivity contribution in [2.24, 2.45) is 5.10 Å². The highest BCUT2D eigenvalue weighted by molar-refractivity contribution is 9.10. The summed E-state index contributed by atoms with van der Waals surface area (Å²) in [6.45, 7) is 2.22. The number of fused-ring (bicyclic) bond motifs is 1. The Bertz CT molecular complexity index is 1470. The van der Waals surface area contributed by atoms with E-state index in [9.17, 15) is 9.18 Å². The van der Waals surface area contributed by atoms with Gasteiger partial charge in [0, 0.05) is 21.5 Å². The summed E-state index contributed by atoms with van der Waals surface area (Å²) in [4.78, 5) is 18.0. The van der Waals surface area contributed by atoms with E-state index >= 15 is 0 Å². The monoisotopic (exact) mass is 619 g/mol. The van der Waals surface area contributed by atoms with Crippen LogP contribution in [0.1, 0.15) is 36.7 Å². The first kappa shape index (κ1) is 25.5. The summed E-state index contributed by atoms with van der Waals surface area (Å²) in [5.41, 5.74) is 1.60. The fraction of sp³-hybridized carbons (Fsp3) is 0.192. The minimum Gasteiger partial charge on any atom is -0.487 e. The summed E-state index contributed by atoms with van der Waals surface area (Å²) in [6, 6.07) is 15.0. The van der Waals surface area contributed by atoms with Crippen molar-refractivity contribution in [2.45, 2.75) is 32.8 Å². The molecule has 0 aliphatic heterocycles. The van der Waals surface area contributed by atoms with Gasteiger partial charge in [0.25, 0.3) is 5.56 Å². The van der Waals surface area contributed by atoms with E-state index in [2.05, 4.69) is 43.9 Å². The Morgan fingerprint density at radius 3 is 2.77 bits per heavy atom. The molecule has 1 heterocycles. The van der Waals surface area contributed by atoms with Crippen molar-refractivity contribution in [1.29, 1.82) is 0 Å². The average Bonchev–Trinajstić information content (AvgIpc) is 2.82. The number of unbranched alkanes of at least 4 members (excludes halogenated alkanes) is 1. The Balaban J connectivity index is 1.75. The molecule has 4 rings (SSSR count). The van der Waals surface area contributed by atoms with Crippen LogP contribution < -0.4 is 10.3 Å². The van der Waals surface area contributed by atoms with Gasteiger partial charge in [0.2, 0.25) is 0 Å². The number of halogens is 4. The summed E-state index contributed by atoms with van der Waals surface area (Å²) in [5.74, 6) is 0.714. The van der Waals surface area contributed by atoms with Gasteiger partial charge in [0.1, 0.15) is 24.0 Å². The zero-order chi connectivity index (χ0) is 24.9. The van der Waals surface area contributed by atoms with Crippen LogP contribution in [0.25, 0.3) is 10.9 Å². The highest BCUT2D eigenvalue weighted by Crippen LogP contribution is 2.32. The van der Waals surface area contributed by atoms with Gasteiger partial charge in [-0.15, -0.1) is 0 Å². The van der Waals surface area contributed by atoms with Crippen molar-refractivity contribution in [3.05, 3.63) is 102 Å². The lowest BCUT2D eigenvalue weighted by Gasteiger charge is -2.13. The first-order valence-corrected chi connectivity index (χ1v) is 12.9. The van der Waals surface area contributed by atoms with Gasteiger partial charge >= 0.3 is 0 Å². The Labute approximate surface area is 223 Å². The van der Waals surface area contributed by atoms with Crippen LogP contribution in [0.3, 0.4) is 0 Å². The maximum absolute atomic E-state index is 13.6. The van der Waals surface area contributed by atoms with Crippen molar-refractivity contribution in [2.75, 3.05) is 0 Å². The van der Waals surface area contributed by atoms with Gasteiger partial charge in [-0.05, 0) is 70.4 Å². The quantitative estimate of drug-likeness (QED) is 0.191. The third kappa shape index (κ3) is 6.18. The zero-order valence-electron chi connectivity index (χ0n) is 18.8. The Morgan fingerprint density at radius 1 is 1.17 bits per heavy atom. The third-order valence-corrected chi connectivity index (χ3v) is 6.55. The van der Waals surface area contributed by atoms with Gasteiger partial charge in [-0.3, -0.25) is 4.79 Å². The Morgan fingerprint density at radius 2 is 2.00 bits per heavy atom. The molecule has 0 saturated heterocycles. The van der Waals surface area contributed by atoms with Crippen LogP contribution in [0.2, 0.25) is 5.02 Å². The minimum atomic E-state index is -0.336. The van der Waals surface area contributed by atoms with Crippen molar-refractivity contribution in [3.63, 3.8) is 0 Å². The van der Waals surface area contributed by atoms with Crippen LogP contribution in [0, 0.1) is 5.82 Å². The molecule has 35 heavy (non-hydrogen) atoms. The van der Waals surface area contributed by atoms with Gasteiger partial charge in [-0.1, -0.05) is 53.0 Å². The van der Waals surface area contributed by atoms with Crippen LogP contribution in [-0.4, -0.2) is 15.9 Å². The van der Waals surface area contributed by atoms with Gasteiger partial charge in [-0.2, -0.15) is 9.78 Å². The normalized spacial score (nSPS) is 11.5. The van der Waals surface area contributed by atoms with Gasteiger partial charge < -0.3 is 4.74 Å². The molecule has 9 heteroatoms. The van der Waals surface area contributed by atoms with Crippen LogP contribution in [0.5, 0.6) is 5.75 Å². The van der Waals surface area contributed by atoms with Crippen LogP contribution in [0.4, 0.5) is 4.39 Å². The molecule has 0 aliphatic rings. The second kappa shape index (κ2) is 11.5. The molecule has 0 atom stereocenters. The molecule has 0 unspecified atom stereocenters. The van der Waals surface area contributed by atoms with Crippen molar-refractivity contribution >= 4 is 60.6 Å². The molecule has 3 aromatic carbocycles. The topological polar surface area (TPSA) is 56.5 Å². The van der Waals surface area contributed by atoms with Crippen LogP contribution >= 0.6 is 43.5 Å². The van der Waals surface area contributed by atoms with E-state index in [1.165, 1.54) is 23.0 Å². The zero-order valence-corrected chi connectivity index (χ0v) is 22.7. The van der Waals surface area contributed by atoms with E-state index in [0.29, 0.717) is 49.5 Å². The van der Waals surface area contributed by atoms with Crippen molar-refractivity contribution in [3.8, 4) is 5.75 Å². The summed E-state index contributed by atoms with van der Waals surface area (Å²) in [6.07, 6.45) is 3.96. The van der Waals surface area contributed by atoms with Gasteiger partial charge in [-0.25, -0.2) is 9.37 Å². The molecule has 0 aliphatic carbocycles. The van der Waals surface area contributed by atoms with Crippen LogP contribution in [-0.2, 0) is 13.0 Å². The lowest BCUT2D eigenvalue weighted by Crippen LogP contribution is -2.22. The largest absolute Gasteiger partial charge is 0.487 e. The molecule has 0 spiro atoms. The number of nitrogens with zero attached hydrogens (tertiary/aromatic N) is 3.